The molecule has 5 heteroatoms. The Morgan fingerprint density at radius 1 is 1.40 bits per heavy atom. The second-order valence-electron chi connectivity index (χ2n) is 3.05. The van der Waals surface area contributed by atoms with Gasteiger partial charge < -0.3 is 5.32 Å². The standard InChI is InChI=1S/C10H11ClN4/c11-9-8-12-4-2-10(9)13-5-7-15-6-1-3-14-15/h1-4,6,8H,5,7H2,(H,12,13). The van der Waals surface area contributed by atoms with Crippen LogP contribution in [-0.4, -0.2) is 21.3 Å². The highest BCUT2D eigenvalue weighted by molar-refractivity contribution is 6.33. The van der Waals surface area contributed by atoms with Gasteiger partial charge in [-0.15, -0.1) is 0 Å². The van der Waals surface area contributed by atoms with Gasteiger partial charge in [-0.3, -0.25) is 9.67 Å². The van der Waals surface area contributed by atoms with Crippen LogP contribution in [0.2, 0.25) is 5.02 Å². The molecule has 2 aromatic rings. The third kappa shape index (κ3) is 2.70. The first kappa shape index (κ1) is 9.98. The Kier molecular flexibility index (Phi) is 3.19. The molecule has 2 rings (SSSR count). The monoisotopic (exact) mass is 222 g/mol. The molecule has 0 amide bonds. The van der Waals surface area contributed by atoms with Crippen molar-refractivity contribution in [3.05, 3.63) is 41.9 Å². The normalized spacial score (nSPS) is 10.2. The van der Waals surface area contributed by atoms with Gasteiger partial charge >= 0.3 is 0 Å². The summed E-state index contributed by atoms with van der Waals surface area (Å²) in [7, 11) is 0. The number of rotatable bonds is 4. The Morgan fingerprint density at radius 2 is 2.33 bits per heavy atom. The van der Waals surface area contributed by atoms with Gasteiger partial charge in [-0.1, -0.05) is 11.6 Å². The second kappa shape index (κ2) is 4.79. The van der Waals surface area contributed by atoms with E-state index in [1.807, 2.05) is 23.0 Å². The lowest BCUT2D eigenvalue weighted by atomic mass is 10.4. The highest BCUT2D eigenvalue weighted by atomic mass is 35.5. The van der Waals surface area contributed by atoms with Gasteiger partial charge in [0.15, 0.2) is 0 Å². The molecule has 15 heavy (non-hydrogen) atoms. The lowest BCUT2D eigenvalue weighted by Crippen LogP contribution is -2.10. The Hall–Kier alpha value is -1.55. The molecule has 0 aliphatic rings. The molecule has 0 saturated heterocycles. The molecule has 0 aliphatic carbocycles. The van der Waals surface area contributed by atoms with E-state index in [1.165, 1.54) is 0 Å². The first-order valence-corrected chi connectivity index (χ1v) is 5.05. The minimum absolute atomic E-state index is 0.637. The van der Waals surface area contributed by atoms with Crippen molar-refractivity contribution in [1.82, 2.24) is 14.8 Å². The van der Waals surface area contributed by atoms with Crippen molar-refractivity contribution in [2.24, 2.45) is 0 Å². The number of pyridine rings is 1. The maximum Gasteiger partial charge on any atom is 0.0820 e. The summed E-state index contributed by atoms with van der Waals surface area (Å²) >= 11 is 5.94. The highest BCUT2D eigenvalue weighted by Crippen LogP contribution is 2.18. The third-order valence-electron chi connectivity index (χ3n) is 1.99. The number of nitrogens with one attached hydrogen (secondary N) is 1. The molecule has 0 fully saturated rings. The number of hydrogen-bond donors (Lipinski definition) is 1. The lowest BCUT2D eigenvalue weighted by Gasteiger charge is -2.07. The summed E-state index contributed by atoms with van der Waals surface area (Å²) in [6.07, 6.45) is 7.02. The second-order valence-corrected chi connectivity index (χ2v) is 3.46. The van der Waals surface area contributed by atoms with Crippen molar-refractivity contribution < 1.29 is 0 Å². The Morgan fingerprint density at radius 3 is 3.07 bits per heavy atom. The molecular weight excluding hydrogens is 212 g/mol. The van der Waals surface area contributed by atoms with Gasteiger partial charge in [-0.05, 0) is 12.1 Å². The smallest absolute Gasteiger partial charge is 0.0820 e. The average molecular weight is 223 g/mol. The van der Waals surface area contributed by atoms with Gasteiger partial charge in [0, 0.05) is 31.3 Å². The Labute approximate surface area is 92.9 Å². The summed E-state index contributed by atoms with van der Waals surface area (Å²) in [6, 6.07) is 3.75. The quantitative estimate of drug-likeness (QED) is 0.861. The van der Waals surface area contributed by atoms with E-state index < -0.39 is 0 Å². The minimum atomic E-state index is 0.637. The minimum Gasteiger partial charge on any atom is -0.382 e. The van der Waals surface area contributed by atoms with Gasteiger partial charge in [-0.2, -0.15) is 5.10 Å². The number of aromatic nitrogens is 3. The van der Waals surface area contributed by atoms with Crippen molar-refractivity contribution in [3.63, 3.8) is 0 Å². The molecule has 1 N–H and O–H groups in total. The molecule has 0 radical (unpaired) electrons. The summed E-state index contributed by atoms with van der Waals surface area (Å²) in [5.41, 5.74) is 0.902. The van der Waals surface area contributed by atoms with Crippen molar-refractivity contribution in [2.45, 2.75) is 6.54 Å². The third-order valence-corrected chi connectivity index (χ3v) is 2.29. The summed E-state index contributed by atoms with van der Waals surface area (Å²) in [5.74, 6) is 0. The first-order chi connectivity index (χ1) is 7.36. The van der Waals surface area contributed by atoms with Crippen LogP contribution >= 0.6 is 11.6 Å². The molecule has 0 saturated carbocycles. The van der Waals surface area contributed by atoms with Crippen LogP contribution in [0, 0.1) is 0 Å². The first-order valence-electron chi connectivity index (χ1n) is 4.67. The van der Waals surface area contributed by atoms with E-state index in [1.54, 1.807) is 18.6 Å². The molecule has 2 aromatic heterocycles. The van der Waals surface area contributed by atoms with Gasteiger partial charge in [0.05, 0.1) is 17.3 Å². The summed E-state index contributed by atoms with van der Waals surface area (Å²) in [6.45, 7) is 1.59. The zero-order chi connectivity index (χ0) is 10.5. The van der Waals surface area contributed by atoms with Crippen LogP contribution in [0.3, 0.4) is 0 Å². The predicted molar refractivity (Wildman–Crippen MR) is 60.0 cm³/mol. The Balaban J connectivity index is 1.86. The number of hydrogen-bond acceptors (Lipinski definition) is 3. The maximum atomic E-state index is 5.94. The number of halogens is 1. The van der Waals surface area contributed by atoms with Crippen molar-refractivity contribution in [1.29, 1.82) is 0 Å². The average Bonchev–Trinajstić information content (AvgIpc) is 2.74. The Bertz CT molecular complexity index is 413. The van der Waals surface area contributed by atoms with Crippen molar-refractivity contribution in [2.75, 3.05) is 11.9 Å². The van der Waals surface area contributed by atoms with Gasteiger partial charge in [0.25, 0.3) is 0 Å². The van der Waals surface area contributed by atoms with Crippen LogP contribution in [-0.2, 0) is 6.54 Å². The molecule has 78 valence electrons. The predicted octanol–water partition coefficient (Wildman–Crippen LogP) is 2.04. The largest absolute Gasteiger partial charge is 0.382 e. The molecule has 2 heterocycles. The van der Waals surface area contributed by atoms with Gasteiger partial charge in [0.1, 0.15) is 0 Å². The van der Waals surface area contributed by atoms with Crippen LogP contribution in [0.15, 0.2) is 36.9 Å². The SMILES string of the molecule is Clc1cnccc1NCCn1cccn1. The fourth-order valence-electron chi connectivity index (χ4n) is 1.26. The van der Waals surface area contributed by atoms with Crippen LogP contribution in [0.25, 0.3) is 0 Å². The fourth-order valence-corrected chi connectivity index (χ4v) is 1.44. The topological polar surface area (TPSA) is 42.7 Å². The van der Waals surface area contributed by atoms with E-state index in [0.29, 0.717) is 5.02 Å². The molecule has 0 spiro atoms. The molecule has 0 bridgehead atoms. The van der Waals surface area contributed by atoms with E-state index in [-0.39, 0.29) is 0 Å². The maximum absolute atomic E-state index is 5.94. The van der Waals surface area contributed by atoms with Crippen LogP contribution < -0.4 is 5.32 Å². The molecule has 4 nitrogen and oxygen atoms in total. The van der Waals surface area contributed by atoms with E-state index in [0.717, 1.165) is 18.8 Å². The highest BCUT2D eigenvalue weighted by Gasteiger charge is 1.97. The summed E-state index contributed by atoms with van der Waals surface area (Å²) < 4.78 is 1.86. The number of nitrogens with zero attached hydrogens (tertiary/aromatic N) is 3. The molecule has 0 atom stereocenters. The molecule has 0 aliphatic heterocycles. The summed E-state index contributed by atoms with van der Waals surface area (Å²) in [5, 5.41) is 7.96. The molecule has 0 aromatic carbocycles. The van der Waals surface area contributed by atoms with Crippen LogP contribution in [0.4, 0.5) is 5.69 Å². The fraction of sp³-hybridized carbons (Fsp3) is 0.200. The van der Waals surface area contributed by atoms with Gasteiger partial charge in [0.2, 0.25) is 0 Å². The van der Waals surface area contributed by atoms with E-state index >= 15 is 0 Å². The van der Waals surface area contributed by atoms with E-state index in [2.05, 4.69) is 15.4 Å². The molecule has 0 unspecified atom stereocenters. The zero-order valence-corrected chi connectivity index (χ0v) is 8.85. The van der Waals surface area contributed by atoms with Crippen LogP contribution in [0.1, 0.15) is 0 Å². The van der Waals surface area contributed by atoms with E-state index in [9.17, 15) is 0 Å². The summed E-state index contributed by atoms with van der Waals surface area (Å²) in [4.78, 5) is 3.91. The van der Waals surface area contributed by atoms with Crippen LogP contribution in [0.5, 0.6) is 0 Å². The van der Waals surface area contributed by atoms with E-state index in [4.69, 9.17) is 11.6 Å². The van der Waals surface area contributed by atoms with Crippen molar-refractivity contribution >= 4 is 17.3 Å². The number of anilines is 1. The zero-order valence-electron chi connectivity index (χ0n) is 8.10. The van der Waals surface area contributed by atoms with Gasteiger partial charge in [-0.25, -0.2) is 0 Å². The molecular formula is C10H11ClN4. The van der Waals surface area contributed by atoms with Crippen molar-refractivity contribution in [3.8, 4) is 0 Å². The lowest BCUT2D eigenvalue weighted by molar-refractivity contribution is 0.638.